The van der Waals surface area contributed by atoms with E-state index in [-0.39, 0.29) is 5.56 Å². The molecule has 0 spiro atoms. The van der Waals surface area contributed by atoms with Gasteiger partial charge >= 0.3 is 0 Å². The Bertz CT molecular complexity index is 1320. The first kappa shape index (κ1) is 18.6. The molecule has 2 aliphatic rings. The van der Waals surface area contributed by atoms with E-state index in [0.29, 0.717) is 11.8 Å². The highest BCUT2D eigenvalue weighted by atomic mass is 16.1. The average Bonchev–Trinajstić information content (AvgIpc) is 3.10. The van der Waals surface area contributed by atoms with Crippen molar-refractivity contribution >= 4 is 10.9 Å². The smallest absolute Gasteiger partial charge is 0.250 e. The second-order valence-electron chi connectivity index (χ2n) is 9.10. The Balaban J connectivity index is 1.36. The fraction of sp³-hybridized carbons (Fsp3) is 0.308. The fourth-order valence-corrected chi connectivity index (χ4v) is 5.80. The Kier molecular flexibility index (Phi) is 4.32. The molecule has 5 heteroatoms. The minimum Gasteiger partial charge on any atom is -0.350 e. The molecule has 156 valence electrons. The lowest BCUT2D eigenvalue weighted by atomic mass is 9.80. The van der Waals surface area contributed by atoms with Crippen LogP contribution in [0.3, 0.4) is 0 Å². The van der Waals surface area contributed by atoms with Crippen molar-refractivity contribution in [2.75, 3.05) is 13.1 Å². The first-order valence-corrected chi connectivity index (χ1v) is 11.1. The van der Waals surface area contributed by atoms with Crippen LogP contribution in [0.4, 0.5) is 0 Å². The number of fused-ring (bicyclic) bond motifs is 5. The van der Waals surface area contributed by atoms with Crippen molar-refractivity contribution in [3.63, 3.8) is 0 Å². The number of pyridine rings is 2. The van der Waals surface area contributed by atoms with Crippen LogP contribution in [0.2, 0.25) is 0 Å². The molecule has 0 aliphatic carbocycles. The molecule has 0 unspecified atom stereocenters. The molecular formula is C26H26N4O. The van der Waals surface area contributed by atoms with Crippen LogP contribution in [0.25, 0.3) is 22.0 Å². The maximum Gasteiger partial charge on any atom is 0.250 e. The second-order valence-corrected chi connectivity index (χ2v) is 9.10. The monoisotopic (exact) mass is 410 g/mol. The van der Waals surface area contributed by atoms with Crippen LogP contribution >= 0.6 is 0 Å². The van der Waals surface area contributed by atoms with Crippen molar-refractivity contribution < 1.29 is 0 Å². The van der Waals surface area contributed by atoms with Gasteiger partial charge in [0.05, 0.1) is 0 Å². The molecular weight excluding hydrogens is 384 g/mol. The van der Waals surface area contributed by atoms with E-state index in [2.05, 4.69) is 58.0 Å². The molecule has 2 aliphatic heterocycles. The lowest BCUT2D eigenvalue weighted by Crippen LogP contribution is -2.47. The summed E-state index contributed by atoms with van der Waals surface area (Å²) in [5.41, 5.74) is 6.24. The van der Waals surface area contributed by atoms with E-state index in [0.717, 1.165) is 43.7 Å². The topological polar surface area (TPSA) is 43.1 Å². The number of aromatic nitrogens is 3. The zero-order valence-corrected chi connectivity index (χ0v) is 17.7. The van der Waals surface area contributed by atoms with Crippen LogP contribution in [0, 0.1) is 5.92 Å². The molecule has 6 rings (SSSR count). The van der Waals surface area contributed by atoms with Crippen molar-refractivity contribution in [1.29, 1.82) is 0 Å². The van der Waals surface area contributed by atoms with E-state index in [1.54, 1.807) is 12.3 Å². The Morgan fingerprint density at radius 2 is 1.94 bits per heavy atom. The molecule has 5 heterocycles. The first-order chi connectivity index (χ1) is 15.2. The average molecular weight is 411 g/mol. The summed E-state index contributed by atoms with van der Waals surface area (Å²) in [5, 5.41) is 1.34. The van der Waals surface area contributed by atoms with Gasteiger partial charge < -0.3 is 9.13 Å². The fourth-order valence-electron chi connectivity index (χ4n) is 5.80. The largest absolute Gasteiger partial charge is 0.350 e. The minimum atomic E-state index is 0.125. The van der Waals surface area contributed by atoms with E-state index in [9.17, 15) is 4.79 Å². The highest BCUT2D eigenvalue weighted by Crippen LogP contribution is 2.40. The van der Waals surface area contributed by atoms with Gasteiger partial charge in [-0.1, -0.05) is 24.3 Å². The van der Waals surface area contributed by atoms with Crippen molar-refractivity contribution in [3.8, 4) is 11.1 Å². The molecule has 31 heavy (non-hydrogen) atoms. The van der Waals surface area contributed by atoms with Crippen molar-refractivity contribution in [3.05, 3.63) is 88.7 Å². The van der Waals surface area contributed by atoms with Crippen LogP contribution in [0.15, 0.2) is 71.9 Å². The Labute approximate surface area is 181 Å². The van der Waals surface area contributed by atoms with E-state index in [1.807, 2.05) is 22.9 Å². The summed E-state index contributed by atoms with van der Waals surface area (Å²) in [6, 6.07) is 16.4. The van der Waals surface area contributed by atoms with Gasteiger partial charge in [0.2, 0.25) is 0 Å². The molecule has 0 radical (unpaired) electrons. The molecule has 4 aromatic rings. The summed E-state index contributed by atoms with van der Waals surface area (Å²) < 4.78 is 4.27. The Morgan fingerprint density at radius 1 is 1.03 bits per heavy atom. The SMILES string of the molecule is Cn1cc(CN2C[C@H]3C[C@H](C2)c2c(-c4cccnc4)ccc(=O)n2C3)c2ccccc21. The molecule has 3 aromatic heterocycles. The summed E-state index contributed by atoms with van der Waals surface area (Å²) in [6.45, 7) is 3.79. The molecule has 2 bridgehead atoms. The van der Waals surface area contributed by atoms with Crippen molar-refractivity contribution in [2.45, 2.75) is 25.4 Å². The van der Waals surface area contributed by atoms with Gasteiger partial charge in [0, 0.05) is 91.5 Å². The third-order valence-electron chi connectivity index (χ3n) is 7.01. The third kappa shape index (κ3) is 3.12. The van der Waals surface area contributed by atoms with Gasteiger partial charge in [0.1, 0.15) is 0 Å². The van der Waals surface area contributed by atoms with Gasteiger partial charge in [-0.3, -0.25) is 14.7 Å². The first-order valence-electron chi connectivity index (χ1n) is 11.1. The van der Waals surface area contributed by atoms with Crippen LogP contribution < -0.4 is 5.56 Å². The third-order valence-corrected chi connectivity index (χ3v) is 7.01. The van der Waals surface area contributed by atoms with Gasteiger partial charge in [-0.05, 0) is 36.1 Å². The summed E-state index contributed by atoms with van der Waals surface area (Å²) in [5.74, 6) is 0.884. The van der Waals surface area contributed by atoms with Gasteiger partial charge in [0.15, 0.2) is 0 Å². The summed E-state index contributed by atoms with van der Waals surface area (Å²) in [6.07, 6.45) is 7.13. The quantitative estimate of drug-likeness (QED) is 0.512. The minimum absolute atomic E-state index is 0.125. The summed E-state index contributed by atoms with van der Waals surface area (Å²) >= 11 is 0. The Morgan fingerprint density at radius 3 is 2.81 bits per heavy atom. The van der Waals surface area contributed by atoms with Crippen LogP contribution in [0.5, 0.6) is 0 Å². The molecule has 2 atom stereocenters. The molecule has 0 amide bonds. The van der Waals surface area contributed by atoms with Gasteiger partial charge in [-0.15, -0.1) is 0 Å². The van der Waals surface area contributed by atoms with E-state index < -0.39 is 0 Å². The molecule has 1 aromatic carbocycles. The zero-order valence-electron chi connectivity index (χ0n) is 17.7. The molecule has 0 saturated carbocycles. The lowest BCUT2D eigenvalue weighted by Gasteiger charge is -2.43. The highest BCUT2D eigenvalue weighted by molar-refractivity contribution is 5.83. The number of hydrogen-bond acceptors (Lipinski definition) is 3. The second kappa shape index (κ2) is 7.20. The number of hydrogen-bond donors (Lipinski definition) is 0. The van der Waals surface area contributed by atoms with E-state index >= 15 is 0 Å². The van der Waals surface area contributed by atoms with Gasteiger partial charge in [-0.2, -0.15) is 0 Å². The predicted molar refractivity (Wildman–Crippen MR) is 123 cm³/mol. The molecule has 1 fully saturated rings. The maximum atomic E-state index is 12.7. The molecule has 5 nitrogen and oxygen atoms in total. The Hall–Kier alpha value is -3.18. The number of benzene rings is 1. The number of para-hydroxylation sites is 1. The number of rotatable bonds is 3. The number of likely N-dealkylation sites (tertiary alicyclic amines) is 1. The summed E-state index contributed by atoms with van der Waals surface area (Å²) in [7, 11) is 2.12. The highest BCUT2D eigenvalue weighted by Gasteiger charge is 2.36. The number of nitrogens with zero attached hydrogens (tertiary/aromatic N) is 4. The predicted octanol–water partition coefficient (Wildman–Crippen LogP) is 4.02. The maximum absolute atomic E-state index is 12.7. The van der Waals surface area contributed by atoms with Crippen molar-refractivity contribution in [1.82, 2.24) is 19.0 Å². The van der Waals surface area contributed by atoms with Gasteiger partial charge in [0.25, 0.3) is 5.56 Å². The van der Waals surface area contributed by atoms with Gasteiger partial charge in [-0.25, -0.2) is 0 Å². The molecule has 0 N–H and O–H groups in total. The van der Waals surface area contributed by atoms with E-state index in [1.165, 1.54) is 22.2 Å². The standard InChI is InChI=1S/C26H26N4O/c1-28-15-21(22-6-2-3-7-24(22)28)17-29-13-18-11-20(16-29)26-23(19-5-4-10-27-12-19)8-9-25(31)30(26)14-18/h2-10,12,15,18,20H,11,13-14,16-17H2,1H3/t18-,20-/m1/s1. The number of aryl methyl sites for hydroxylation is 1. The lowest BCUT2D eigenvalue weighted by molar-refractivity contribution is 0.115. The van der Waals surface area contributed by atoms with Crippen LogP contribution in [-0.2, 0) is 20.1 Å². The van der Waals surface area contributed by atoms with Crippen LogP contribution in [0.1, 0.15) is 23.6 Å². The zero-order chi connectivity index (χ0) is 20.9. The number of piperidine rings is 1. The normalized spacial score (nSPS) is 20.7. The van der Waals surface area contributed by atoms with Crippen molar-refractivity contribution in [2.24, 2.45) is 13.0 Å². The van der Waals surface area contributed by atoms with E-state index in [4.69, 9.17) is 0 Å². The molecule has 1 saturated heterocycles. The summed E-state index contributed by atoms with van der Waals surface area (Å²) in [4.78, 5) is 19.6. The van der Waals surface area contributed by atoms with Crippen LogP contribution in [-0.4, -0.2) is 32.1 Å².